The van der Waals surface area contributed by atoms with Crippen LogP contribution in [-0.2, 0) is 4.74 Å². The molecule has 1 heterocycles. The summed E-state index contributed by atoms with van der Waals surface area (Å²) < 4.78 is 6.89. The van der Waals surface area contributed by atoms with Crippen LogP contribution in [0.1, 0.15) is 31.4 Å². The van der Waals surface area contributed by atoms with Crippen LogP contribution in [-0.4, -0.2) is 21.2 Å². The Hall–Kier alpha value is 0.160. The van der Waals surface area contributed by atoms with Crippen molar-refractivity contribution in [2.45, 2.75) is 37.6 Å². The summed E-state index contributed by atoms with van der Waals surface area (Å²) in [6.07, 6.45) is 1.44. The largest absolute Gasteiger partial charge is 0.390 e. The lowest BCUT2D eigenvalue weighted by atomic mass is 9.87. The molecule has 0 bridgehead atoms. The van der Waals surface area contributed by atoms with Gasteiger partial charge in [-0.3, -0.25) is 0 Å². The maximum atomic E-state index is 10.3. The normalized spacial score (nSPS) is 33.6. The fourth-order valence-corrected chi connectivity index (χ4v) is 2.91. The molecule has 0 unspecified atom stereocenters. The Morgan fingerprint density at radius 1 is 1.41 bits per heavy atom. The van der Waals surface area contributed by atoms with Gasteiger partial charge in [-0.25, -0.2) is 0 Å². The first kappa shape index (κ1) is 13.6. The van der Waals surface area contributed by atoms with E-state index in [0.29, 0.717) is 12.8 Å². The number of ether oxygens (including phenoxy) is 1. The van der Waals surface area contributed by atoms with E-state index in [-0.39, 0.29) is 12.2 Å². The van der Waals surface area contributed by atoms with E-state index in [0.717, 1.165) is 15.0 Å². The number of hydrogen-bond acceptors (Lipinski definition) is 2. The van der Waals surface area contributed by atoms with Gasteiger partial charge in [0.25, 0.3) is 0 Å². The van der Waals surface area contributed by atoms with E-state index >= 15 is 0 Å². The second-order valence-corrected chi connectivity index (χ2v) is 6.18. The van der Waals surface area contributed by atoms with Gasteiger partial charge in [0.05, 0.1) is 17.8 Å². The minimum absolute atomic E-state index is 0.0317. The number of benzene rings is 1. The molecule has 1 aromatic rings. The molecule has 4 heteroatoms. The van der Waals surface area contributed by atoms with Gasteiger partial charge in [0.2, 0.25) is 0 Å². The van der Waals surface area contributed by atoms with Gasteiger partial charge < -0.3 is 9.84 Å². The van der Waals surface area contributed by atoms with Gasteiger partial charge in [0.1, 0.15) is 0 Å². The second-order valence-electron chi connectivity index (χ2n) is 4.86. The Morgan fingerprint density at radius 2 is 2.06 bits per heavy atom. The van der Waals surface area contributed by atoms with Crippen molar-refractivity contribution in [2.24, 2.45) is 0 Å². The Labute approximate surface area is 120 Å². The van der Waals surface area contributed by atoms with Crippen LogP contribution in [0.3, 0.4) is 0 Å². The van der Waals surface area contributed by atoms with Crippen molar-refractivity contribution in [3.63, 3.8) is 0 Å². The zero-order valence-corrected chi connectivity index (χ0v) is 12.6. The lowest BCUT2D eigenvalue weighted by molar-refractivity contribution is -0.129. The molecule has 1 N–H and O–H groups in total. The van der Waals surface area contributed by atoms with Gasteiger partial charge in [0, 0.05) is 22.3 Å². The maximum absolute atomic E-state index is 10.3. The topological polar surface area (TPSA) is 29.5 Å². The number of hydrogen-bond donors (Lipinski definition) is 1. The van der Waals surface area contributed by atoms with Crippen molar-refractivity contribution in [1.29, 1.82) is 0 Å². The van der Waals surface area contributed by atoms with E-state index in [1.54, 1.807) is 0 Å². The van der Waals surface area contributed by atoms with E-state index < -0.39 is 5.60 Å². The van der Waals surface area contributed by atoms with E-state index in [1.165, 1.54) is 0 Å². The zero-order chi connectivity index (χ0) is 12.5. The molecule has 0 radical (unpaired) electrons. The second kappa shape index (κ2) is 5.43. The minimum atomic E-state index is -0.640. The molecule has 2 nitrogen and oxygen atoms in total. The van der Waals surface area contributed by atoms with E-state index in [4.69, 9.17) is 16.3 Å². The molecule has 2 rings (SSSR count). The van der Waals surface area contributed by atoms with Crippen LogP contribution in [0.4, 0.5) is 0 Å². The molecule has 0 aliphatic carbocycles. The molecule has 0 amide bonds. The molecular weight excluding hydrogens is 350 g/mol. The third-order valence-electron chi connectivity index (χ3n) is 3.06. The smallest absolute Gasteiger partial charge is 0.0856 e. The Balaban J connectivity index is 2.17. The van der Waals surface area contributed by atoms with Crippen LogP contribution in [0.5, 0.6) is 0 Å². The minimum Gasteiger partial charge on any atom is -0.390 e. The molecule has 17 heavy (non-hydrogen) atoms. The van der Waals surface area contributed by atoms with Gasteiger partial charge in [0.15, 0.2) is 0 Å². The van der Waals surface area contributed by atoms with Crippen molar-refractivity contribution in [1.82, 2.24) is 0 Å². The van der Waals surface area contributed by atoms with E-state index in [9.17, 15) is 5.11 Å². The first-order valence-electron chi connectivity index (χ1n) is 5.69. The highest BCUT2D eigenvalue weighted by Crippen LogP contribution is 2.37. The molecule has 0 saturated carbocycles. The summed E-state index contributed by atoms with van der Waals surface area (Å²) in [4.78, 5) is 0. The Morgan fingerprint density at radius 3 is 2.65 bits per heavy atom. The average molecular weight is 367 g/mol. The fraction of sp³-hybridized carbons (Fsp3) is 0.538. The van der Waals surface area contributed by atoms with Gasteiger partial charge in [-0.15, -0.1) is 0 Å². The van der Waals surface area contributed by atoms with Crippen LogP contribution < -0.4 is 0 Å². The third-order valence-corrected chi connectivity index (χ3v) is 4.30. The third kappa shape index (κ3) is 3.56. The van der Waals surface area contributed by atoms with Gasteiger partial charge >= 0.3 is 0 Å². The lowest BCUT2D eigenvalue weighted by Crippen LogP contribution is -2.40. The summed E-state index contributed by atoms with van der Waals surface area (Å²) in [6, 6.07) is 7.67. The maximum Gasteiger partial charge on any atom is 0.0856 e. The average Bonchev–Trinajstić information content (AvgIpc) is 2.27. The molecule has 1 aliphatic rings. The first-order valence-corrected chi connectivity index (χ1v) is 7.60. The number of alkyl halides is 1. The molecule has 94 valence electrons. The molecular formula is C13H16ClIO2. The summed E-state index contributed by atoms with van der Waals surface area (Å²) in [5.41, 5.74) is 0.447. The molecule has 1 aromatic carbocycles. The van der Waals surface area contributed by atoms with Crippen molar-refractivity contribution < 1.29 is 9.84 Å². The molecule has 1 fully saturated rings. The predicted molar refractivity (Wildman–Crippen MR) is 77.8 cm³/mol. The van der Waals surface area contributed by atoms with Gasteiger partial charge in [-0.1, -0.05) is 46.3 Å². The monoisotopic (exact) mass is 366 g/mol. The summed E-state index contributed by atoms with van der Waals surface area (Å²) in [7, 11) is 0. The molecule has 1 aliphatic heterocycles. The highest BCUT2D eigenvalue weighted by atomic mass is 127. The number of halogens is 2. The van der Waals surface area contributed by atoms with Crippen LogP contribution in [0.15, 0.2) is 24.3 Å². The molecule has 3 atom stereocenters. The highest BCUT2D eigenvalue weighted by molar-refractivity contribution is 14.1. The predicted octanol–water partition coefficient (Wildman–Crippen LogP) is 3.75. The highest BCUT2D eigenvalue weighted by Gasteiger charge is 2.36. The quantitative estimate of drug-likeness (QED) is 0.638. The number of rotatable bonds is 2. The summed E-state index contributed by atoms with van der Waals surface area (Å²) in [5.74, 6) is 0. The molecule has 0 spiro atoms. The standard InChI is InChI=1S/C13H16ClIO2/c1-13(16)6-11(8-15)17-12(7-13)9-2-4-10(14)5-3-9/h2-5,11-12,16H,6-8H2,1H3/t11-,12-,13+/m1/s1. The Kier molecular flexibility index (Phi) is 4.34. The van der Waals surface area contributed by atoms with Crippen LogP contribution in [0.2, 0.25) is 5.02 Å². The number of aliphatic hydroxyl groups is 1. The van der Waals surface area contributed by atoms with E-state index in [2.05, 4.69) is 22.6 Å². The van der Waals surface area contributed by atoms with Crippen molar-refractivity contribution in [3.05, 3.63) is 34.9 Å². The molecule has 1 saturated heterocycles. The van der Waals surface area contributed by atoms with Crippen LogP contribution >= 0.6 is 34.2 Å². The Bertz CT molecular complexity index is 378. The van der Waals surface area contributed by atoms with Crippen LogP contribution in [0, 0.1) is 0 Å². The molecule has 0 aromatic heterocycles. The van der Waals surface area contributed by atoms with Crippen molar-refractivity contribution in [3.8, 4) is 0 Å². The van der Waals surface area contributed by atoms with Gasteiger partial charge in [-0.2, -0.15) is 0 Å². The van der Waals surface area contributed by atoms with Crippen molar-refractivity contribution in [2.75, 3.05) is 4.43 Å². The van der Waals surface area contributed by atoms with Crippen LogP contribution in [0.25, 0.3) is 0 Å². The van der Waals surface area contributed by atoms with E-state index in [1.807, 2.05) is 31.2 Å². The first-order chi connectivity index (χ1) is 8.00. The van der Waals surface area contributed by atoms with Crippen molar-refractivity contribution >= 4 is 34.2 Å². The lowest BCUT2D eigenvalue weighted by Gasteiger charge is -2.39. The fourth-order valence-electron chi connectivity index (χ4n) is 2.27. The summed E-state index contributed by atoms with van der Waals surface area (Å²) in [5, 5.41) is 11.0. The summed E-state index contributed by atoms with van der Waals surface area (Å²) in [6.45, 7) is 1.89. The summed E-state index contributed by atoms with van der Waals surface area (Å²) >= 11 is 8.17. The SMILES string of the molecule is C[C@]1(O)C[C@H](CI)O[C@@H](c2ccc(Cl)cc2)C1. The van der Waals surface area contributed by atoms with Gasteiger partial charge in [-0.05, 0) is 24.6 Å². The zero-order valence-electron chi connectivity index (χ0n) is 9.70.